The van der Waals surface area contributed by atoms with Gasteiger partial charge < -0.3 is 5.32 Å². The third-order valence-electron chi connectivity index (χ3n) is 3.88. The van der Waals surface area contributed by atoms with Crippen molar-refractivity contribution < 1.29 is 13.2 Å². The van der Waals surface area contributed by atoms with Gasteiger partial charge in [-0.3, -0.25) is 9.78 Å². The molecule has 1 fully saturated rings. The van der Waals surface area contributed by atoms with Crippen LogP contribution in [0.25, 0.3) is 0 Å². The van der Waals surface area contributed by atoms with Crippen molar-refractivity contribution in [2.75, 3.05) is 6.54 Å². The Morgan fingerprint density at radius 3 is 2.65 bits per heavy atom. The van der Waals surface area contributed by atoms with E-state index in [0.717, 1.165) is 18.4 Å². The predicted molar refractivity (Wildman–Crippen MR) is 100 cm³/mol. The lowest BCUT2D eigenvalue weighted by molar-refractivity contribution is 0.0954. The molecule has 138 valence electrons. The van der Waals surface area contributed by atoms with E-state index in [1.165, 1.54) is 12.1 Å². The molecule has 9 heteroatoms. The standard InChI is InChI=1S/C17H17Cl2N3O3S/c18-14-9-15(19)16(26(24,25)22-12-3-4-12)8-13(14)17(23)21-7-5-11-2-1-6-20-10-11/h1-2,6,8-10,12,22H,3-5,7H2,(H,21,23). The number of carbonyl (C=O) groups excluding carboxylic acids is 1. The number of aromatic nitrogens is 1. The molecule has 2 aromatic rings. The van der Waals surface area contributed by atoms with Crippen LogP contribution in [0.1, 0.15) is 28.8 Å². The van der Waals surface area contributed by atoms with Gasteiger partial charge in [0.15, 0.2) is 0 Å². The van der Waals surface area contributed by atoms with Crippen LogP contribution in [-0.2, 0) is 16.4 Å². The summed E-state index contributed by atoms with van der Waals surface area (Å²) in [6.45, 7) is 0.367. The topological polar surface area (TPSA) is 88.2 Å². The first-order valence-corrected chi connectivity index (χ1v) is 10.3. The molecule has 3 rings (SSSR count). The summed E-state index contributed by atoms with van der Waals surface area (Å²) in [5.41, 5.74) is 1.05. The third kappa shape index (κ3) is 4.73. The van der Waals surface area contributed by atoms with Gasteiger partial charge in [0.1, 0.15) is 4.90 Å². The number of pyridine rings is 1. The number of halogens is 2. The van der Waals surface area contributed by atoms with Gasteiger partial charge in [-0.25, -0.2) is 13.1 Å². The maximum Gasteiger partial charge on any atom is 0.252 e. The highest BCUT2D eigenvalue weighted by atomic mass is 35.5. The lowest BCUT2D eigenvalue weighted by atomic mass is 10.2. The molecule has 6 nitrogen and oxygen atoms in total. The van der Waals surface area contributed by atoms with Crippen LogP contribution < -0.4 is 10.0 Å². The van der Waals surface area contributed by atoms with Crippen LogP contribution in [-0.4, -0.2) is 31.9 Å². The Labute approximate surface area is 162 Å². The van der Waals surface area contributed by atoms with Crippen LogP contribution >= 0.6 is 23.2 Å². The first-order valence-electron chi connectivity index (χ1n) is 8.05. The van der Waals surface area contributed by atoms with E-state index < -0.39 is 15.9 Å². The van der Waals surface area contributed by atoms with Crippen molar-refractivity contribution in [1.82, 2.24) is 15.0 Å². The van der Waals surface area contributed by atoms with E-state index in [4.69, 9.17) is 23.2 Å². The van der Waals surface area contributed by atoms with Crippen molar-refractivity contribution in [2.24, 2.45) is 0 Å². The number of hydrogen-bond donors (Lipinski definition) is 2. The Morgan fingerprint density at radius 1 is 1.23 bits per heavy atom. The Kier molecular flexibility index (Phi) is 5.82. The SMILES string of the molecule is O=C(NCCc1cccnc1)c1cc(S(=O)(=O)NC2CC2)c(Cl)cc1Cl. The Balaban J connectivity index is 1.74. The van der Waals surface area contributed by atoms with E-state index >= 15 is 0 Å². The van der Waals surface area contributed by atoms with Crippen LogP contribution in [0.5, 0.6) is 0 Å². The van der Waals surface area contributed by atoms with Gasteiger partial charge in [-0.2, -0.15) is 0 Å². The molecule has 1 saturated carbocycles. The molecule has 1 aromatic carbocycles. The molecular weight excluding hydrogens is 397 g/mol. The lowest BCUT2D eigenvalue weighted by Crippen LogP contribution is -2.28. The molecule has 0 radical (unpaired) electrons. The summed E-state index contributed by atoms with van der Waals surface area (Å²) in [6, 6.07) is 6.15. The molecule has 0 unspecified atom stereocenters. The van der Waals surface area contributed by atoms with Crippen molar-refractivity contribution >= 4 is 39.1 Å². The molecule has 0 atom stereocenters. The minimum absolute atomic E-state index is 0.0185. The normalized spacial score (nSPS) is 14.2. The summed E-state index contributed by atoms with van der Waals surface area (Å²) in [5, 5.41) is 2.81. The van der Waals surface area contributed by atoms with Crippen molar-refractivity contribution in [3.8, 4) is 0 Å². The molecule has 0 bridgehead atoms. The van der Waals surface area contributed by atoms with Gasteiger partial charge in [0.2, 0.25) is 10.0 Å². The summed E-state index contributed by atoms with van der Waals surface area (Å²) >= 11 is 12.1. The summed E-state index contributed by atoms with van der Waals surface area (Å²) in [4.78, 5) is 16.3. The zero-order valence-electron chi connectivity index (χ0n) is 13.7. The van der Waals surface area contributed by atoms with Crippen molar-refractivity contribution in [2.45, 2.75) is 30.2 Å². The number of nitrogens with zero attached hydrogens (tertiary/aromatic N) is 1. The minimum Gasteiger partial charge on any atom is -0.352 e. The highest BCUT2D eigenvalue weighted by Gasteiger charge is 2.30. The highest BCUT2D eigenvalue weighted by molar-refractivity contribution is 7.89. The summed E-state index contributed by atoms with van der Waals surface area (Å²) in [6.07, 6.45) is 5.58. The molecule has 1 heterocycles. The summed E-state index contributed by atoms with van der Waals surface area (Å²) < 4.78 is 27.4. The highest BCUT2D eigenvalue weighted by Crippen LogP contribution is 2.30. The van der Waals surface area contributed by atoms with E-state index in [2.05, 4.69) is 15.0 Å². The van der Waals surface area contributed by atoms with Crippen LogP contribution in [0.3, 0.4) is 0 Å². The lowest BCUT2D eigenvalue weighted by Gasteiger charge is -2.12. The zero-order valence-corrected chi connectivity index (χ0v) is 16.0. The maximum atomic E-state index is 12.4. The Morgan fingerprint density at radius 2 is 2.00 bits per heavy atom. The van der Waals surface area contributed by atoms with Gasteiger partial charge in [-0.05, 0) is 43.0 Å². The number of carbonyl (C=O) groups is 1. The second-order valence-electron chi connectivity index (χ2n) is 6.03. The maximum absolute atomic E-state index is 12.4. The van der Waals surface area contributed by atoms with Crippen LogP contribution in [0, 0.1) is 0 Å². The molecule has 0 saturated heterocycles. The van der Waals surface area contributed by atoms with Crippen molar-refractivity contribution in [1.29, 1.82) is 0 Å². The summed E-state index contributed by atoms with van der Waals surface area (Å²) in [7, 11) is -3.79. The number of nitrogens with one attached hydrogen (secondary N) is 2. The fourth-order valence-electron chi connectivity index (χ4n) is 2.35. The zero-order chi connectivity index (χ0) is 18.7. The molecule has 0 spiro atoms. The number of rotatable bonds is 7. The molecule has 1 amide bonds. The van der Waals surface area contributed by atoms with E-state index in [1.807, 2.05) is 12.1 Å². The monoisotopic (exact) mass is 413 g/mol. The van der Waals surface area contributed by atoms with Crippen LogP contribution in [0.4, 0.5) is 0 Å². The van der Waals surface area contributed by atoms with Crippen molar-refractivity contribution in [3.05, 3.63) is 57.8 Å². The molecule has 26 heavy (non-hydrogen) atoms. The van der Waals surface area contributed by atoms with Gasteiger partial charge in [0, 0.05) is 25.0 Å². The smallest absolute Gasteiger partial charge is 0.252 e. The number of benzene rings is 1. The van der Waals surface area contributed by atoms with E-state index in [1.54, 1.807) is 12.4 Å². The third-order valence-corrected chi connectivity index (χ3v) is 6.17. The van der Waals surface area contributed by atoms with Crippen molar-refractivity contribution in [3.63, 3.8) is 0 Å². The van der Waals surface area contributed by atoms with Gasteiger partial charge in [-0.15, -0.1) is 0 Å². The van der Waals surface area contributed by atoms with Gasteiger partial charge in [0.25, 0.3) is 5.91 Å². The molecule has 1 aromatic heterocycles. The van der Waals surface area contributed by atoms with Gasteiger partial charge in [0.05, 0.1) is 15.6 Å². The average molecular weight is 414 g/mol. The number of sulfonamides is 1. The quantitative estimate of drug-likeness (QED) is 0.730. The first-order chi connectivity index (χ1) is 12.4. The molecule has 1 aliphatic rings. The molecule has 2 N–H and O–H groups in total. The molecule has 1 aliphatic carbocycles. The summed E-state index contributed by atoms with van der Waals surface area (Å²) in [5.74, 6) is -0.460. The van der Waals surface area contributed by atoms with E-state index in [-0.39, 0.29) is 26.5 Å². The van der Waals surface area contributed by atoms with Crippen LogP contribution in [0.15, 0.2) is 41.6 Å². The molecular formula is C17H17Cl2N3O3S. The number of hydrogen-bond acceptors (Lipinski definition) is 4. The Hall–Kier alpha value is -1.67. The first kappa shape index (κ1) is 19.1. The van der Waals surface area contributed by atoms with Crippen LogP contribution in [0.2, 0.25) is 10.0 Å². The largest absolute Gasteiger partial charge is 0.352 e. The van der Waals surface area contributed by atoms with E-state index in [9.17, 15) is 13.2 Å². The minimum atomic E-state index is -3.79. The van der Waals surface area contributed by atoms with E-state index in [0.29, 0.717) is 13.0 Å². The average Bonchev–Trinajstić information content (AvgIpc) is 3.38. The fourth-order valence-corrected chi connectivity index (χ4v) is 4.52. The van der Waals surface area contributed by atoms with Gasteiger partial charge >= 0.3 is 0 Å². The fraction of sp³-hybridized carbons (Fsp3) is 0.294. The Bertz CT molecular complexity index is 916. The molecule has 0 aliphatic heterocycles. The predicted octanol–water partition coefficient (Wildman–Crippen LogP) is 2.80. The van der Waals surface area contributed by atoms with Gasteiger partial charge in [-0.1, -0.05) is 29.3 Å². The second-order valence-corrected chi connectivity index (χ2v) is 8.52. The number of amides is 1. The second kappa shape index (κ2) is 7.92.